The predicted molar refractivity (Wildman–Crippen MR) is 117 cm³/mol. The van der Waals surface area contributed by atoms with Crippen LogP contribution in [0.2, 0.25) is 0 Å². The van der Waals surface area contributed by atoms with Gasteiger partial charge in [-0.3, -0.25) is 4.79 Å². The van der Waals surface area contributed by atoms with E-state index in [1.54, 1.807) is 6.92 Å². The van der Waals surface area contributed by atoms with Crippen LogP contribution in [-0.2, 0) is 11.2 Å². The van der Waals surface area contributed by atoms with Gasteiger partial charge < -0.3 is 25.2 Å². The number of aromatic nitrogens is 2. The molecule has 1 aromatic heterocycles. The maximum absolute atomic E-state index is 12.1. The first-order valence-electron chi connectivity index (χ1n) is 10.0. The fourth-order valence-electron chi connectivity index (χ4n) is 2.50. The van der Waals surface area contributed by atoms with Gasteiger partial charge in [-0.15, -0.1) is 0 Å². The minimum absolute atomic E-state index is 0.000807. The number of aryl methyl sites for hydroxylation is 1. The number of anilines is 1. The summed E-state index contributed by atoms with van der Waals surface area (Å²) in [5.74, 6) is 2.25. The minimum atomic E-state index is -0.310. The van der Waals surface area contributed by atoms with Crippen LogP contribution in [0.1, 0.15) is 46.3 Å². The molecule has 1 heterocycles. The lowest BCUT2D eigenvalue weighted by Crippen LogP contribution is -2.42. The molecular weight excluding hydrogens is 384 g/mol. The number of rotatable bonds is 8. The van der Waals surface area contributed by atoms with Crippen molar-refractivity contribution in [3.05, 3.63) is 36.0 Å². The van der Waals surface area contributed by atoms with Gasteiger partial charge in [0, 0.05) is 24.2 Å². The Morgan fingerprint density at radius 3 is 2.50 bits per heavy atom. The van der Waals surface area contributed by atoms with Gasteiger partial charge in [0.2, 0.25) is 11.8 Å². The summed E-state index contributed by atoms with van der Waals surface area (Å²) in [7, 11) is 0. The Bertz CT molecular complexity index is 837. The van der Waals surface area contributed by atoms with Gasteiger partial charge in [-0.25, -0.2) is 4.99 Å². The lowest BCUT2D eigenvalue weighted by molar-refractivity contribution is -0.121. The molecule has 0 saturated carbocycles. The first-order chi connectivity index (χ1) is 14.1. The SMILES string of the molecule is Cc1noc(CCNC(=NCC(=O)NC(C)(C)C)Nc2ccc(OC(C)C)cc2)n1. The van der Waals surface area contributed by atoms with Gasteiger partial charge in [0.1, 0.15) is 12.3 Å². The maximum Gasteiger partial charge on any atom is 0.242 e. The van der Waals surface area contributed by atoms with Crippen LogP contribution in [0, 0.1) is 6.92 Å². The number of hydrogen-bond acceptors (Lipinski definition) is 6. The lowest BCUT2D eigenvalue weighted by atomic mass is 10.1. The molecule has 0 radical (unpaired) electrons. The van der Waals surface area contributed by atoms with E-state index < -0.39 is 0 Å². The van der Waals surface area contributed by atoms with Crippen LogP contribution in [0.4, 0.5) is 5.69 Å². The van der Waals surface area contributed by atoms with Gasteiger partial charge >= 0.3 is 0 Å². The standard InChI is InChI=1S/C21H32N6O3/c1-14(2)29-17-9-7-16(8-10-17)25-20(23-13-18(28)26-21(4,5)6)22-12-11-19-24-15(3)27-30-19/h7-10,14H,11-13H2,1-6H3,(H,26,28)(H2,22,23,25). The molecular formula is C21H32N6O3. The van der Waals surface area contributed by atoms with Crippen molar-refractivity contribution in [1.82, 2.24) is 20.8 Å². The number of nitrogens with zero attached hydrogens (tertiary/aromatic N) is 3. The predicted octanol–water partition coefficient (Wildman–Crippen LogP) is 2.68. The Balaban J connectivity index is 2.01. The van der Waals surface area contributed by atoms with Gasteiger partial charge in [0.25, 0.3) is 0 Å². The number of carbonyl (C=O) groups is 1. The summed E-state index contributed by atoms with van der Waals surface area (Å²) in [4.78, 5) is 20.7. The molecule has 1 amide bonds. The van der Waals surface area contributed by atoms with Crippen molar-refractivity contribution in [3.63, 3.8) is 0 Å². The second kappa shape index (κ2) is 10.6. The zero-order valence-corrected chi connectivity index (χ0v) is 18.6. The number of ether oxygens (including phenoxy) is 1. The molecule has 0 fully saturated rings. The van der Waals surface area contributed by atoms with Crippen LogP contribution in [0.3, 0.4) is 0 Å². The molecule has 2 aromatic rings. The summed E-state index contributed by atoms with van der Waals surface area (Å²) in [5, 5.41) is 13.1. The number of benzene rings is 1. The molecule has 0 aliphatic heterocycles. The molecule has 30 heavy (non-hydrogen) atoms. The summed E-state index contributed by atoms with van der Waals surface area (Å²) < 4.78 is 10.8. The molecule has 9 heteroatoms. The second-order valence-electron chi connectivity index (χ2n) is 8.19. The number of amides is 1. The molecule has 0 atom stereocenters. The van der Waals surface area contributed by atoms with Crippen LogP contribution >= 0.6 is 0 Å². The maximum atomic E-state index is 12.1. The van der Waals surface area contributed by atoms with Gasteiger partial charge in [0.15, 0.2) is 11.8 Å². The number of hydrogen-bond donors (Lipinski definition) is 3. The number of guanidine groups is 1. The van der Waals surface area contributed by atoms with Crippen LogP contribution < -0.4 is 20.7 Å². The summed E-state index contributed by atoms with van der Waals surface area (Å²) in [6.07, 6.45) is 0.647. The zero-order valence-electron chi connectivity index (χ0n) is 18.6. The third-order valence-corrected chi connectivity index (χ3v) is 3.58. The van der Waals surface area contributed by atoms with Crippen molar-refractivity contribution in [2.45, 2.75) is 59.6 Å². The van der Waals surface area contributed by atoms with Crippen molar-refractivity contribution in [2.24, 2.45) is 4.99 Å². The molecule has 0 aliphatic carbocycles. The second-order valence-corrected chi connectivity index (χ2v) is 8.19. The zero-order chi connectivity index (χ0) is 22.1. The summed E-state index contributed by atoms with van der Waals surface area (Å²) in [5.41, 5.74) is 0.512. The third-order valence-electron chi connectivity index (χ3n) is 3.58. The highest BCUT2D eigenvalue weighted by atomic mass is 16.5. The number of aliphatic imine (C=N–C) groups is 1. The van der Waals surface area contributed by atoms with E-state index in [9.17, 15) is 4.79 Å². The number of carbonyl (C=O) groups excluding carboxylic acids is 1. The Kier molecular flexibility index (Phi) is 8.20. The highest BCUT2D eigenvalue weighted by Crippen LogP contribution is 2.16. The third kappa shape index (κ3) is 8.93. The fraction of sp³-hybridized carbons (Fsp3) is 0.524. The monoisotopic (exact) mass is 416 g/mol. The molecule has 0 aliphatic rings. The minimum Gasteiger partial charge on any atom is -0.491 e. The van der Waals surface area contributed by atoms with E-state index in [1.807, 2.05) is 58.9 Å². The summed E-state index contributed by atoms with van der Waals surface area (Å²) >= 11 is 0. The fourth-order valence-corrected chi connectivity index (χ4v) is 2.50. The first-order valence-corrected chi connectivity index (χ1v) is 10.0. The highest BCUT2D eigenvalue weighted by Gasteiger charge is 2.13. The van der Waals surface area contributed by atoms with Crippen molar-refractivity contribution in [2.75, 3.05) is 18.4 Å². The Hall–Kier alpha value is -3.10. The van der Waals surface area contributed by atoms with Gasteiger partial charge in [0.05, 0.1) is 6.10 Å². The molecule has 164 valence electrons. The lowest BCUT2D eigenvalue weighted by Gasteiger charge is -2.20. The molecule has 1 aromatic carbocycles. The molecule has 0 spiro atoms. The summed E-state index contributed by atoms with van der Waals surface area (Å²) in [6.45, 7) is 12.0. The first kappa shape index (κ1) is 23.2. The quantitative estimate of drug-likeness (QED) is 0.448. The average Bonchev–Trinajstić information content (AvgIpc) is 3.04. The van der Waals surface area contributed by atoms with E-state index in [0.717, 1.165) is 11.4 Å². The molecule has 0 bridgehead atoms. The van der Waals surface area contributed by atoms with Gasteiger partial charge in [-0.05, 0) is 65.8 Å². The van der Waals surface area contributed by atoms with Crippen molar-refractivity contribution < 1.29 is 14.1 Å². The highest BCUT2D eigenvalue weighted by molar-refractivity contribution is 5.95. The van der Waals surface area contributed by atoms with Gasteiger partial charge in [-0.2, -0.15) is 4.98 Å². The van der Waals surface area contributed by atoms with Gasteiger partial charge in [-0.1, -0.05) is 5.16 Å². The Morgan fingerprint density at radius 2 is 1.93 bits per heavy atom. The smallest absolute Gasteiger partial charge is 0.242 e. The van der Waals surface area contributed by atoms with E-state index in [0.29, 0.717) is 30.6 Å². The molecule has 0 unspecified atom stereocenters. The van der Waals surface area contributed by atoms with Crippen LogP contribution in [-0.4, -0.2) is 46.7 Å². The molecule has 9 nitrogen and oxygen atoms in total. The van der Waals surface area contributed by atoms with E-state index in [-0.39, 0.29) is 24.1 Å². The normalized spacial score (nSPS) is 12.0. The van der Waals surface area contributed by atoms with Crippen molar-refractivity contribution >= 4 is 17.6 Å². The number of nitrogens with one attached hydrogen (secondary N) is 3. The largest absolute Gasteiger partial charge is 0.491 e. The van der Waals surface area contributed by atoms with E-state index in [1.165, 1.54) is 0 Å². The van der Waals surface area contributed by atoms with Crippen LogP contribution in [0.5, 0.6) is 5.75 Å². The summed E-state index contributed by atoms with van der Waals surface area (Å²) in [6, 6.07) is 7.55. The van der Waals surface area contributed by atoms with Crippen molar-refractivity contribution in [1.29, 1.82) is 0 Å². The molecule has 2 rings (SSSR count). The topological polar surface area (TPSA) is 114 Å². The van der Waals surface area contributed by atoms with Crippen LogP contribution in [0.25, 0.3) is 0 Å². The van der Waals surface area contributed by atoms with Crippen LogP contribution in [0.15, 0.2) is 33.8 Å². The van der Waals surface area contributed by atoms with E-state index in [2.05, 4.69) is 31.1 Å². The Labute approximate surface area is 177 Å². The molecule has 0 saturated heterocycles. The van der Waals surface area contributed by atoms with E-state index in [4.69, 9.17) is 9.26 Å². The molecule has 3 N–H and O–H groups in total. The van der Waals surface area contributed by atoms with Crippen molar-refractivity contribution in [3.8, 4) is 5.75 Å². The van der Waals surface area contributed by atoms with E-state index >= 15 is 0 Å². The Morgan fingerprint density at radius 1 is 1.23 bits per heavy atom. The average molecular weight is 417 g/mol.